The Morgan fingerprint density at radius 1 is 1.27 bits per heavy atom. The lowest BCUT2D eigenvalue weighted by Crippen LogP contribution is -2.33. The number of aromatic amines is 1. The number of pyridine rings is 1. The third-order valence-corrected chi connectivity index (χ3v) is 3.76. The van der Waals surface area contributed by atoms with E-state index in [0.29, 0.717) is 22.1 Å². The Morgan fingerprint density at radius 3 is 2.85 bits per heavy atom. The van der Waals surface area contributed by atoms with E-state index in [0.717, 1.165) is 10.9 Å². The molecule has 0 unspecified atom stereocenters. The van der Waals surface area contributed by atoms with Crippen molar-refractivity contribution in [2.24, 2.45) is 0 Å². The second kappa shape index (κ2) is 7.28. The predicted molar refractivity (Wildman–Crippen MR) is 89.5 cm³/mol. The summed E-state index contributed by atoms with van der Waals surface area (Å²) >= 11 is 5.98. The highest BCUT2D eigenvalue weighted by atomic mass is 35.5. The fourth-order valence-electron chi connectivity index (χ4n) is 2.38. The monoisotopic (exact) mass is 383 g/mol. The van der Waals surface area contributed by atoms with E-state index >= 15 is 0 Å². The van der Waals surface area contributed by atoms with Gasteiger partial charge in [0, 0.05) is 36.0 Å². The Hall–Kier alpha value is -2.68. The van der Waals surface area contributed by atoms with Crippen LogP contribution in [0.3, 0.4) is 0 Å². The van der Waals surface area contributed by atoms with Gasteiger partial charge in [-0.05, 0) is 12.5 Å². The molecule has 10 heteroatoms. The maximum atomic E-state index is 12.1. The molecule has 0 spiro atoms. The fraction of sp³-hybridized carbons (Fsp3) is 0.250. The molecule has 0 saturated heterocycles. The van der Waals surface area contributed by atoms with Gasteiger partial charge in [0.25, 0.3) is 0 Å². The van der Waals surface area contributed by atoms with E-state index in [4.69, 9.17) is 11.6 Å². The largest absolute Gasteiger partial charge is 0.405 e. The van der Waals surface area contributed by atoms with Crippen molar-refractivity contribution < 1.29 is 18.0 Å². The van der Waals surface area contributed by atoms with Crippen molar-refractivity contribution in [1.82, 2.24) is 25.3 Å². The third kappa shape index (κ3) is 4.48. The number of hydrogen-bond donors (Lipinski definition) is 2. The van der Waals surface area contributed by atoms with Crippen LogP contribution in [-0.2, 0) is 11.2 Å². The topological polar surface area (TPSA) is 83.6 Å². The number of H-pyrrole nitrogens is 1. The lowest BCUT2D eigenvalue weighted by atomic mass is 10.1. The Bertz CT molecular complexity index is 941. The number of carbonyl (C=O) groups is 1. The Balaban J connectivity index is 1.72. The summed E-state index contributed by atoms with van der Waals surface area (Å²) in [6.45, 7) is -1.35. The molecule has 0 atom stereocenters. The Kier molecular flexibility index (Phi) is 5.08. The van der Waals surface area contributed by atoms with Crippen LogP contribution in [0.2, 0.25) is 5.02 Å². The molecule has 26 heavy (non-hydrogen) atoms. The number of rotatable bonds is 5. The molecular formula is C16H13ClF3N5O. The molecule has 136 valence electrons. The molecule has 0 aliphatic carbocycles. The van der Waals surface area contributed by atoms with Gasteiger partial charge in [0.1, 0.15) is 12.2 Å². The molecule has 3 rings (SSSR count). The second-order valence-electron chi connectivity index (χ2n) is 5.54. The van der Waals surface area contributed by atoms with Gasteiger partial charge in [-0.25, -0.2) is 9.97 Å². The normalized spacial score (nSPS) is 11.7. The van der Waals surface area contributed by atoms with E-state index in [1.54, 1.807) is 18.5 Å². The van der Waals surface area contributed by atoms with Crippen molar-refractivity contribution in [3.8, 4) is 11.3 Å². The zero-order valence-corrected chi connectivity index (χ0v) is 14.0. The summed E-state index contributed by atoms with van der Waals surface area (Å²) in [7, 11) is 0. The summed E-state index contributed by atoms with van der Waals surface area (Å²) in [6, 6.07) is 1.74. The average Bonchev–Trinajstić information content (AvgIpc) is 3.01. The number of nitrogens with one attached hydrogen (secondary N) is 2. The molecule has 3 aromatic rings. The highest BCUT2D eigenvalue weighted by molar-refractivity contribution is 6.31. The number of carbonyl (C=O) groups excluding carboxylic acids is 1. The standard InChI is InChI=1S/C16H13ClF3N5O/c17-9-3-11-12(6-23-15(11)22-4-9)13-7-21-5-10(25-13)1-2-14(26)24-8-16(18,19)20/h3-7H,1-2,8H2,(H,22,23)(H,24,26). The molecule has 0 fully saturated rings. The van der Waals surface area contributed by atoms with Gasteiger partial charge in [0.2, 0.25) is 5.91 Å². The fourth-order valence-corrected chi connectivity index (χ4v) is 2.53. The van der Waals surface area contributed by atoms with Crippen LogP contribution in [0.15, 0.2) is 30.9 Å². The molecule has 0 radical (unpaired) electrons. The van der Waals surface area contributed by atoms with E-state index in [2.05, 4.69) is 19.9 Å². The van der Waals surface area contributed by atoms with Crippen LogP contribution in [-0.4, -0.2) is 38.6 Å². The summed E-state index contributed by atoms with van der Waals surface area (Å²) in [6.07, 6.45) is 1.89. The van der Waals surface area contributed by atoms with E-state index in [1.807, 2.05) is 5.32 Å². The lowest BCUT2D eigenvalue weighted by Gasteiger charge is -2.08. The summed E-state index contributed by atoms with van der Waals surface area (Å²) in [5.74, 6) is -0.697. The zero-order chi connectivity index (χ0) is 18.7. The highest BCUT2D eigenvalue weighted by Gasteiger charge is 2.27. The quantitative estimate of drug-likeness (QED) is 0.708. The first-order chi connectivity index (χ1) is 12.3. The molecule has 0 saturated carbocycles. The lowest BCUT2D eigenvalue weighted by molar-refractivity contribution is -0.138. The van der Waals surface area contributed by atoms with Crippen LogP contribution in [0.1, 0.15) is 12.1 Å². The van der Waals surface area contributed by atoms with Gasteiger partial charge in [-0.15, -0.1) is 0 Å². The molecule has 1 amide bonds. The maximum Gasteiger partial charge on any atom is 0.405 e. The van der Waals surface area contributed by atoms with Crippen LogP contribution < -0.4 is 5.32 Å². The number of nitrogens with zero attached hydrogens (tertiary/aromatic N) is 3. The first-order valence-corrected chi connectivity index (χ1v) is 7.97. The van der Waals surface area contributed by atoms with E-state index in [1.165, 1.54) is 12.4 Å². The van der Waals surface area contributed by atoms with Crippen LogP contribution in [0.4, 0.5) is 13.2 Å². The molecule has 3 heterocycles. The molecule has 0 aromatic carbocycles. The van der Waals surface area contributed by atoms with E-state index < -0.39 is 18.6 Å². The number of hydrogen-bond acceptors (Lipinski definition) is 4. The third-order valence-electron chi connectivity index (χ3n) is 3.55. The molecule has 0 aliphatic heterocycles. The first-order valence-electron chi connectivity index (χ1n) is 7.59. The number of aromatic nitrogens is 4. The van der Waals surface area contributed by atoms with Crippen molar-refractivity contribution in [3.05, 3.63) is 41.6 Å². The van der Waals surface area contributed by atoms with Gasteiger partial charge >= 0.3 is 6.18 Å². The highest BCUT2D eigenvalue weighted by Crippen LogP contribution is 2.27. The van der Waals surface area contributed by atoms with Gasteiger partial charge in [-0.3, -0.25) is 9.78 Å². The smallest absolute Gasteiger partial charge is 0.347 e. The number of alkyl halides is 3. The van der Waals surface area contributed by atoms with E-state index in [9.17, 15) is 18.0 Å². The van der Waals surface area contributed by atoms with Crippen LogP contribution >= 0.6 is 11.6 Å². The van der Waals surface area contributed by atoms with Gasteiger partial charge in [-0.2, -0.15) is 13.2 Å². The zero-order valence-electron chi connectivity index (χ0n) is 13.3. The molecule has 0 bridgehead atoms. The molecule has 0 aliphatic rings. The summed E-state index contributed by atoms with van der Waals surface area (Å²) in [5.41, 5.74) is 2.43. The number of fused-ring (bicyclic) bond motifs is 1. The molecular weight excluding hydrogens is 371 g/mol. The predicted octanol–water partition coefficient (Wildman–Crippen LogP) is 3.28. The minimum atomic E-state index is -4.43. The van der Waals surface area contributed by atoms with Gasteiger partial charge in [0.05, 0.1) is 22.6 Å². The second-order valence-corrected chi connectivity index (χ2v) is 5.98. The number of amides is 1. The van der Waals surface area contributed by atoms with Crippen LogP contribution in [0.25, 0.3) is 22.3 Å². The molecule has 2 N–H and O–H groups in total. The Morgan fingerprint density at radius 2 is 2.08 bits per heavy atom. The molecule has 3 aromatic heterocycles. The minimum absolute atomic E-state index is 0.116. The van der Waals surface area contributed by atoms with Crippen LogP contribution in [0, 0.1) is 0 Å². The van der Waals surface area contributed by atoms with Crippen LogP contribution in [0.5, 0.6) is 0 Å². The maximum absolute atomic E-state index is 12.1. The van der Waals surface area contributed by atoms with Crippen molar-refractivity contribution in [1.29, 1.82) is 0 Å². The number of aryl methyl sites for hydroxylation is 1. The summed E-state index contributed by atoms with van der Waals surface area (Å²) in [5, 5.41) is 3.07. The molecule has 6 nitrogen and oxygen atoms in total. The van der Waals surface area contributed by atoms with Gasteiger partial charge in [-0.1, -0.05) is 11.6 Å². The SMILES string of the molecule is O=C(CCc1cncc(-c2c[nH]c3ncc(Cl)cc23)n1)NCC(F)(F)F. The summed E-state index contributed by atoms with van der Waals surface area (Å²) in [4.78, 5) is 27.2. The van der Waals surface area contributed by atoms with Crippen molar-refractivity contribution in [3.63, 3.8) is 0 Å². The van der Waals surface area contributed by atoms with Crippen molar-refractivity contribution >= 4 is 28.5 Å². The van der Waals surface area contributed by atoms with Crippen molar-refractivity contribution in [2.75, 3.05) is 6.54 Å². The Labute approximate surface area is 150 Å². The first kappa shape index (κ1) is 18.1. The number of halogens is 4. The van der Waals surface area contributed by atoms with Gasteiger partial charge < -0.3 is 10.3 Å². The van der Waals surface area contributed by atoms with E-state index in [-0.39, 0.29) is 12.8 Å². The minimum Gasteiger partial charge on any atom is -0.347 e. The van der Waals surface area contributed by atoms with Crippen molar-refractivity contribution in [2.45, 2.75) is 19.0 Å². The summed E-state index contributed by atoms with van der Waals surface area (Å²) < 4.78 is 36.3. The average molecular weight is 384 g/mol. The van der Waals surface area contributed by atoms with Gasteiger partial charge in [0.15, 0.2) is 0 Å².